The molecule has 0 unspecified atom stereocenters. The van der Waals surface area contributed by atoms with E-state index < -0.39 is 11.7 Å². The van der Waals surface area contributed by atoms with Crippen LogP contribution in [0.15, 0.2) is 6.07 Å². The van der Waals surface area contributed by atoms with Crippen molar-refractivity contribution in [1.29, 1.82) is 0 Å². The summed E-state index contributed by atoms with van der Waals surface area (Å²) in [4.78, 5) is 18.7. The van der Waals surface area contributed by atoms with E-state index in [4.69, 9.17) is 16.3 Å². The van der Waals surface area contributed by atoms with Crippen molar-refractivity contribution in [3.8, 4) is 0 Å². The van der Waals surface area contributed by atoms with Gasteiger partial charge in [0, 0.05) is 24.1 Å². The molecule has 0 saturated carbocycles. The summed E-state index contributed by atoms with van der Waals surface area (Å²) in [6.45, 7) is 8.73. The van der Waals surface area contributed by atoms with Crippen LogP contribution in [0.5, 0.6) is 0 Å². The predicted octanol–water partition coefficient (Wildman–Crippen LogP) is 3.75. The molecule has 6 heteroatoms. The Kier molecular flexibility index (Phi) is 4.29. The second-order valence-electron chi connectivity index (χ2n) is 7.96. The molecular formula is C18H25ClN2O3. The van der Waals surface area contributed by atoms with Crippen LogP contribution >= 0.6 is 11.6 Å². The highest BCUT2D eigenvalue weighted by Crippen LogP contribution is 2.50. The van der Waals surface area contributed by atoms with Crippen molar-refractivity contribution >= 4 is 17.7 Å². The van der Waals surface area contributed by atoms with Gasteiger partial charge in [-0.05, 0) is 53.0 Å². The van der Waals surface area contributed by atoms with Gasteiger partial charge in [-0.15, -0.1) is 0 Å². The minimum absolute atomic E-state index is 0.164. The normalized spacial score (nSPS) is 22.6. The number of fused-ring (bicyclic) bond motifs is 2. The molecule has 3 rings (SSSR count). The monoisotopic (exact) mass is 352 g/mol. The quantitative estimate of drug-likeness (QED) is 0.772. The minimum atomic E-state index is -0.529. The maximum atomic E-state index is 12.2. The van der Waals surface area contributed by atoms with E-state index >= 15 is 0 Å². The van der Waals surface area contributed by atoms with Gasteiger partial charge in [0.2, 0.25) is 0 Å². The van der Waals surface area contributed by atoms with E-state index in [1.165, 1.54) is 0 Å². The average Bonchev–Trinajstić information content (AvgIpc) is 2.71. The van der Waals surface area contributed by atoms with Gasteiger partial charge in [0.05, 0.1) is 22.5 Å². The molecule has 0 radical (unpaired) electrons. The minimum Gasteiger partial charge on any atom is -0.444 e. The van der Waals surface area contributed by atoms with Crippen LogP contribution in [0.3, 0.4) is 0 Å². The van der Waals surface area contributed by atoms with Crippen molar-refractivity contribution in [3.63, 3.8) is 0 Å². The number of ether oxygens (including phenoxy) is 1. The number of carbonyl (C=O) groups is 1. The Balaban J connectivity index is 1.78. The van der Waals surface area contributed by atoms with Gasteiger partial charge >= 0.3 is 6.09 Å². The molecule has 1 aliphatic carbocycles. The Morgan fingerprint density at radius 1 is 1.42 bits per heavy atom. The molecule has 2 heterocycles. The van der Waals surface area contributed by atoms with Gasteiger partial charge in [-0.2, -0.15) is 0 Å². The van der Waals surface area contributed by atoms with Crippen LogP contribution in [0, 0.1) is 6.92 Å². The molecule has 132 valence electrons. The zero-order valence-electron chi connectivity index (χ0n) is 14.7. The van der Waals surface area contributed by atoms with E-state index in [9.17, 15) is 9.90 Å². The fourth-order valence-electron chi connectivity index (χ4n) is 3.74. The molecule has 2 aliphatic rings. The zero-order chi connectivity index (χ0) is 17.7. The summed E-state index contributed by atoms with van der Waals surface area (Å²) in [5.74, 6) is 0. The van der Waals surface area contributed by atoms with Gasteiger partial charge in [-0.25, -0.2) is 4.79 Å². The summed E-state index contributed by atoms with van der Waals surface area (Å²) in [6, 6.07) is 1.85. The Morgan fingerprint density at radius 3 is 2.62 bits per heavy atom. The largest absolute Gasteiger partial charge is 0.444 e. The average molecular weight is 353 g/mol. The number of amides is 1. The Labute approximate surface area is 148 Å². The van der Waals surface area contributed by atoms with Crippen molar-refractivity contribution in [2.75, 3.05) is 13.1 Å². The maximum absolute atomic E-state index is 12.2. The van der Waals surface area contributed by atoms with Crippen LogP contribution in [0.1, 0.15) is 63.1 Å². The lowest BCUT2D eigenvalue weighted by molar-refractivity contribution is 0.0145. The molecule has 1 aromatic rings. The number of carbonyl (C=O) groups excluding carboxylic acids is 1. The first-order valence-electron chi connectivity index (χ1n) is 8.45. The summed E-state index contributed by atoms with van der Waals surface area (Å²) in [5.41, 5.74) is 1.94. The first kappa shape index (κ1) is 17.5. The lowest BCUT2D eigenvalue weighted by Crippen LogP contribution is -2.46. The summed E-state index contributed by atoms with van der Waals surface area (Å²) in [6.07, 6.45) is 1.42. The number of rotatable bonds is 0. The molecule has 1 saturated heterocycles. The van der Waals surface area contributed by atoms with Crippen LogP contribution in [0.4, 0.5) is 4.79 Å². The molecular weight excluding hydrogens is 328 g/mol. The number of piperidine rings is 1. The van der Waals surface area contributed by atoms with E-state index in [-0.39, 0.29) is 11.5 Å². The van der Waals surface area contributed by atoms with E-state index in [1.54, 1.807) is 4.90 Å². The lowest BCUT2D eigenvalue weighted by atomic mass is 9.76. The Bertz CT molecular complexity index is 661. The number of aliphatic hydroxyl groups is 1. The van der Waals surface area contributed by atoms with E-state index in [0.29, 0.717) is 24.5 Å². The number of halogens is 1. The van der Waals surface area contributed by atoms with Crippen molar-refractivity contribution < 1.29 is 14.6 Å². The van der Waals surface area contributed by atoms with Gasteiger partial charge in [-0.3, -0.25) is 4.98 Å². The van der Waals surface area contributed by atoms with Gasteiger partial charge in [0.1, 0.15) is 5.60 Å². The molecule has 0 aromatic carbocycles. The summed E-state index contributed by atoms with van der Waals surface area (Å²) < 4.78 is 5.46. The molecule has 1 spiro atoms. The molecule has 1 amide bonds. The first-order valence-corrected chi connectivity index (χ1v) is 8.83. The van der Waals surface area contributed by atoms with Crippen LogP contribution in [0.2, 0.25) is 5.02 Å². The number of hydrogen-bond acceptors (Lipinski definition) is 4. The second-order valence-corrected chi connectivity index (χ2v) is 8.37. The molecule has 1 N–H and O–H groups in total. The van der Waals surface area contributed by atoms with E-state index in [2.05, 4.69) is 4.98 Å². The SMILES string of the molecule is Cc1nc2c(cc1Cl)[C@@H](O)CC21CCN(C(=O)OC(C)(C)C)CC1. The third-order valence-corrected chi connectivity index (χ3v) is 5.38. The zero-order valence-corrected chi connectivity index (χ0v) is 15.5. The summed E-state index contributed by atoms with van der Waals surface area (Å²) >= 11 is 6.17. The van der Waals surface area contributed by atoms with Crippen molar-refractivity contribution in [2.24, 2.45) is 0 Å². The van der Waals surface area contributed by atoms with Crippen molar-refractivity contribution in [2.45, 2.75) is 64.1 Å². The molecule has 1 atom stereocenters. The van der Waals surface area contributed by atoms with E-state index in [0.717, 1.165) is 29.8 Å². The van der Waals surface area contributed by atoms with Gasteiger partial charge in [0.25, 0.3) is 0 Å². The van der Waals surface area contributed by atoms with Crippen molar-refractivity contribution in [1.82, 2.24) is 9.88 Å². The number of likely N-dealkylation sites (tertiary alicyclic amines) is 1. The number of pyridine rings is 1. The highest BCUT2D eigenvalue weighted by molar-refractivity contribution is 6.31. The maximum Gasteiger partial charge on any atom is 0.410 e. The standard InChI is InChI=1S/C18H25ClN2O3/c1-11-13(19)9-12-14(22)10-18(15(12)20-11)5-7-21(8-6-18)16(23)24-17(2,3)4/h9,14,22H,5-8,10H2,1-4H3/t14-/m0/s1. The summed E-state index contributed by atoms with van der Waals surface area (Å²) in [5, 5.41) is 11.0. The molecule has 1 aliphatic heterocycles. The third kappa shape index (κ3) is 3.11. The smallest absolute Gasteiger partial charge is 0.410 e. The first-order chi connectivity index (χ1) is 11.1. The molecule has 0 bridgehead atoms. The topological polar surface area (TPSA) is 62.7 Å². The highest BCUT2D eigenvalue weighted by Gasteiger charge is 2.47. The Hall–Kier alpha value is -1.33. The number of aliphatic hydroxyl groups excluding tert-OH is 1. The van der Waals surface area contributed by atoms with Gasteiger partial charge in [0.15, 0.2) is 0 Å². The molecule has 1 aromatic heterocycles. The number of aryl methyl sites for hydroxylation is 1. The van der Waals surface area contributed by atoms with E-state index in [1.807, 2.05) is 33.8 Å². The lowest BCUT2D eigenvalue weighted by Gasteiger charge is -2.39. The van der Waals surface area contributed by atoms with Crippen LogP contribution in [-0.4, -0.2) is 39.8 Å². The fourth-order valence-corrected chi connectivity index (χ4v) is 3.90. The fraction of sp³-hybridized carbons (Fsp3) is 0.667. The summed E-state index contributed by atoms with van der Waals surface area (Å²) in [7, 11) is 0. The van der Waals surface area contributed by atoms with Crippen LogP contribution < -0.4 is 0 Å². The van der Waals surface area contributed by atoms with Gasteiger partial charge in [-0.1, -0.05) is 11.6 Å². The molecule has 1 fully saturated rings. The van der Waals surface area contributed by atoms with Gasteiger partial charge < -0.3 is 14.7 Å². The van der Waals surface area contributed by atoms with Crippen molar-refractivity contribution in [3.05, 3.63) is 28.0 Å². The highest BCUT2D eigenvalue weighted by atomic mass is 35.5. The second kappa shape index (κ2) is 5.88. The number of hydrogen-bond donors (Lipinski definition) is 1. The molecule has 5 nitrogen and oxygen atoms in total. The Morgan fingerprint density at radius 2 is 2.04 bits per heavy atom. The third-order valence-electron chi connectivity index (χ3n) is 5.00. The number of nitrogens with zero attached hydrogens (tertiary/aromatic N) is 2. The predicted molar refractivity (Wildman–Crippen MR) is 92.3 cm³/mol. The molecule has 24 heavy (non-hydrogen) atoms. The van der Waals surface area contributed by atoms with Crippen LogP contribution in [0.25, 0.3) is 0 Å². The number of aromatic nitrogens is 1. The van der Waals surface area contributed by atoms with Crippen LogP contribution in [-0.2, 0) is 10.2 Å².